The highest BCUT2D eigenvalue weighted by molar-refractivity contribution is 9.10. The molecule has 0 unspecified atom stereocenters. The maximum atomic E-state index is 5.69. The Kier molecular flexibility index (Phi) is 10.8. The van der Waals surface area contributed by atoms with E-state index in [2.05, 4.69) is 50.1 Å². The molecule has 3 heteroatoms. The summed E-state index contributed by atoms with van der Waals surface area (Å²) in [6.45, 7) is 1.61. The van der Waals surface area contributed by atoms with Crippen molar-refractivity contribution in [2.24, 2.45) is 0 Å². The van der Waals surface area contributed by atoms with Crippen LogP contribution in [0.3, 0.4) is 0 Å². The summed E-state index contributed by atoms with van der Waals surface area (Å²) in [5, 5.41) is 1.15. The molecule has 108 valence electrons. The number of hydrogen-bond donors (Lipinski definition) is 0. The molecule has 0 aliphatic heterocycles. The van der Waals surface area contributed by atoms with Crippen molar-refractivity contribution in [2.75, 3.05) is 11.9 Å². The highest BCUT2D eigenvalue weighted by Crippen LogP contribution is 2.13. The van der Waals surface area contributed by atoms with Crippen LogP contribution in [0.5, 0.6) is 0 Å². The van der Waals surface area contributed by atoms with Gasteiger partial charge in [-0.3, -0.25) is 0 Å². The first-order valence-electron chi connectivity index (χ1n) is 7.21. The fourth-order valence-corrected chi connectivity index (χ4v) is 2.84. The first-order chi connectivity index (χ1) is 9.33. The molecule has 0 N–H and O–H groups in total. The summed E-state index contributed by atoms with van der Waals surface area (Å²) in [5.41, 5.74) is 1.24. The van der Waals surface area contributed by atoms with Gasteiger partial charge in [-0.05, 0) is 30.5 Å². The standard InChI is InChI=1S/C16H24Br2O/c17-11-6-4-2-1-3-5-7-12-19-14-15-9-8-10-16(18)13-15/h8-10,13H,1-7,11-12,14H2. The zero-order valence-corrected chi connectivity index (χ0v) is 14.7. The van der Waals surface area contributed by atoms with Gasteiger partial charge in [-0.1, -0.05) is 76.1 Å². The molecule has 0 saturated heterocycles. The lowest BCUT2D eigenvalue weighted by molar-refractivity contribution is 0.116. The minimum absolute atomic E-state index is 0.727. The van der Waals surface area contributed by atoms with E-state index in [1.165, 1.54) is 50.5 Å². The Hall–Kier alpha value is 0.140. The van der Waals surface area contributed by atoms with Crippen LogP contribution in [0.15, 0.2) is 28.7 Å². The average Bonchev–Trinajstić information content (AvgIpc) is 2.41. The van der Waals surface area contributed by atoms with Crippen molar-refractivity contribution in [3.63, 3.8) is 0 Å². The summed E-state index contributed by atoms with van der Waals surface area (Å²) < 4.78 is 6.82. The van der Waals surface area contributed by atoms with Crippen LogP contribution in [0, 0.1) is 0 Å². The van der Waals surface area contributed by atoms with Gasteiger partial charge in [0.05, 0.1) is 6.61 Å². The number of halogens is 2. The van der Waals surface area contributed by atoms with Gasteiger partial charge in [0.25, 0.3) is 0 Å². The van der Waals surface area contributed by atoms with Crippen molar-refractivity contribution >= 4 is 31.9 Å². The van der Waals surface area contributed by atoms with Gasteiger partial charge in [0.1, 0.15) is 0 Å². The summed E-state index contributed by atoms with van der Waals surface area (Å²) in [7, 11) is 0. The Labute approximate surface area is 134 Å². The molecule has 1 aromatic carbocycles. The third kappa shape index (κ3) is 9.64. The van der Waals surface area contributed by atoms with Gasteiger partial charge < -0.3 is 4.74 Å². The second-order valence-electron chi connectivity index (χ2n) is 4.85. The van der Waals surface area contributed by atoms with Gasteiger partial charge >= 0.3 is 0 Å². The van der Waals surface area contributed by atoms with E-state index in [4.69, 9.17) is 4.74 Å². The van der Waals surface area contributed by atoms with Crippen molar-refractivity contribution in [1.29, 1.82) is 0 Å². The quantitative estimate of drug-likeness (QED) is 0.327. The molecule has 0 aliphatic carbocycles. The third-order valence-electron chi connectivity index (χ3n) is 3.08. The average molecular weight is 392 g/mol. The van der Waals surface area contributed by atoms with Crippen LogP contribution in [0.1, 0.15) is 50.5 Å². The lowest BCUT2D eigenvalue weighted by Crippen LogP contribution is -1.95. The Morgan fingerprint density at radius 2 is 1.58 bits per heavy atom. The lowest BCUT2D eigenvalue weighted by atomic mass is 10.1. The van der Waals surface area contributed by atoms with Gasteiger partial charge in [-0.25, -0.2) is 0 Å². The van der Waals surface area contributed by atoms with E-state index in [1.807, 2.05) is 6.07 Å². The topological polar surface area (TPSA) is 9.23 Å². The molecule has 0 atom stereocenters. The fourth-order valence-electron chi connectivity index (χ4n) is 2.00. The first kappa shape index (κ1) is 17.2. The van der Waals surface area contributed by atoms with Crippen molar-refractivity contribution in [2.45, 2.75) is 51.6 Å². The summed E-state index contributed by atoms with van der Waals surface area (Å²) >= 11 is 6.94. The second-order valence-corrected chi connectivity index (χ2v) is 6.56. The SMILES string of the molecule is BrCCCCCCCCCOCc1cccc(Br)c1. The maximum absolute atomic E-state index is 5.69. The molecule has 0 aliphatic rings. The molecule has 1 nitrogen and oxygen atoms in total. The third-order valence-corrected chi connectivity index (χ3v) is 4.13. The number of ether oxygens (including phenoxy) is 1. The van der Waals surface area contributed by atoms with Crippen LogP contribution in [0.25, 0.3) is 0 Å². The minimum atomic E-state index is 0.727. The molecular formula is C16H24Br2O. The fraction of sp³-hybridized carbons (Fsp3) is 0.625. The molecule has 0 spiro atoms. The van der Waals surface area contributed by atoms with E-state index in [0.29, 0.717) is 0 Å². The summed E-state index contributed by atoms with van der Waals surface area (Å²) in [6.07, 6.45) is 9.27. The van der Waals surface area contributed by atoms with E-state index in [-0.39, 0.29) is 0 Å². The van der Waals surface area contributed by atoms with E-state index < -0.39 is 0 Å². The monoisotopic (exact) mass is 390 g/mol. The molecule has 0 fully saturated rings. The lowest BCUT2D eigenvalue weighted by Gasteiger charge is -2.05. The van der Waals surface area contributed by atoms with Crippen molar-refractivity contribution in [3.05, 3.63) is 34.3 Å². The van der Waals surface area contributed by atoms with E-state index in [0.717, 1.165) is 23.0 Å². The molecule has 19 heavy (non-hydrogen) atoms. The van der Waals surface area contributed by atoms with Crippen LogP contribution in [0.2, 0.25) is 0 Å². The van der Waals surface area contributed by atoms with Crippen LogP contribution < -0.4 is 0 Å². The molecule has 0 radical (unpaired) electrons. The molecular weight excluding hydrogens is 368 g/mol. The molecule has 1 rings (SSSR count). The van der Waals surface area contributed by atoms with Gasteiger partial charge in [0.2, 0.25) is 0 Å². The Balaban J connectivity index is 1.89. The predicted octanol–water partition coefficient (Wildman–Crippen LogP) is 6.09. The molecule has 0 amide bonds. The van der Waals surface area contributed by atoms with E-state index in [1.54, 1.807) is 0 Å². The largest absolute Gasteiger partial charge is 0.377 e. The molecule has 0 heterocycles. The van der Waals surface area contributed by atoms with Crippen molar-refractivity contribution in [1.82, 2.24) is 0 Å². The molecule has 0 aromatic heterocycles. The normalized spacial score (nSPS) is 10.8. The number of hydrogen-bond acceptors (Lipinski definition) is 1. The Bertz CT molecular complexity index is 328. The zero-order chi connectivity index (χ0) is 13.8. The highest BCUT2D eigenvalue weighted by Gasteiger charge is 1.95. The van der Waals surface area contributed by atoms with Crippen LogP contribution >= 0.6 is 31.9 Å². The van der Waals surface area contributed by atoms with Crippen LogP contribution in [-0.4, -0.2) is 11.9 Å². The summed E-state index contributed by atoms with van der Waals surface area (Å²) in [4.78, 5) is 0. The Morgan fingerprint density at radius 3 is 2.26 bits per heavy atom. The smallest absolute Gasteiger partial charge is 0.0717 e. The van der Waals surface area contributed by atoms with Gasteiger partial charge in [0, 0.05) is 16.4 Å². The molecule has 1 aromatic rings. The number of alkyl halides is 1. The maximum Gasteiger partial charge on any atom is 0.0717 e. The zero-order valence-electron chi connectivity index (χ0n) is 11.5. The molecule has 0 bridgehead atoms. The predicted molar refractivity (Wildman–Crippen MR) is 89.9 cm³/mol. The number of unbranched alkanes of at least 4 members (excludes halogenated alkanes) is 6. The van der Waals surface area contributed by atoms with Crippen LogP contribution in [0.4, 0.5) is 0 Å². The van der Waals surface area contributed by atoms with E-state index in [9.17, 15) is 0 Å². The summed E-state index contributed by atoms with van der Waals surface area (Å²) in [6, 6.07) is 8.31. The second kappa shape index (κ2) is 11.9. The first-order valence-corrected chi connectivity index (χ1v) is 9.12. The Morgan fingerprint density at radius 1 is 0.895 bits per heavy atom. The van der Waals surface area contributed by atoms with Crippen molar-refractivity contribution in [3.8, 4) is 0 Å². The van der Waals surface area contributed by atoms with Gasteiger partial charge in [0.15, 0.2) is 0 Å². The van der Waals surface area contributed by atoms with Crippen molar-refractivity contribution < 1.29 is 4.74 Å². The number of benzene rings is 1. The molecule has 0 saturated carbocycles. The van der Waals surface area contributed by atoms with E-state index >= 15 is 0 Å². The van der Waals surface area contributed by atoms with Gasteiger partial charge in [-0.15, -0.1) is 0 Å². The number of rotatable bonds is 11. The minimum Gasteiger partial charge on any atom is -0.377 e. The van der Waals surface area contributed by atoms with Gasteiger partial charge in [-0.2, -0.15) is 0 Å². The summed E-state index contributed by atoms with van der Waals surface area (Å²) in [5.74, 6) is 0. The van der Waals surface area contributed by atoms with Crippen LogP contribution in [-0.2, 0) is 11.3 Å². The highest BCUT2D eigenvalue weighted by atomic mass is 79.9.